The normalized spacial score (nSPS) is 33.0. The van der Waals surface area contributed by atoms with Gasteiger partial charge in [-0.1, -0.05) is 62.4 Å². The molecular weight excluding hydrogens is 778 g/mol. The lowest BCUT2D eigenvalue weighted by Crippen LogP contribution is -2.82. The van der Waals surface area contributed by atoms with Crippen molar-refractivity contribution < 1.29 is 67.3 Å². The van der Waals surface area contributed by atoms with Gasteiger partial charge in [0.25, 0.3) is 0 Å². The van der Waals surface area contributed by atoms with E-state index in [1.54, 1.807) is 109 Å². The molecule has 2 saturated carbocycles. The molecular formula is C45H57NO14. The van der Waals surface area contributed by atoms with E-state index in [-0.39, 0.29) is 24.2 Å². The molecule has 326 valence electrons. The summed E-state index contributed by atoms with van der Waals surface area (Å²) in [6, 6.07) is 15.1. The second kappa shape index (κ2) is 16.3. The zero-order valence-corrected chi connectivity index (χ0v) is 35.8. The Morgan fingerprint density at radius 3 is 2.08 bits per heavy atom. The van der Waals surface area contributed by atoms with Crippen LogP contribution in [0.4, 0.5) is 4.79 Å². The number of rotatable bonds is 10. The number of carbonyl (C=O) groups is 5. The fourth-order valence-electron chi connectivity index (χ4n) is 10.1. The second-order valence-corrected chi connectivity index (χ2v) is 18.0. The lowest BCUT2D eigenvalue weighted by atomic mass is 9.44. The highest BCUT2D eigenvalue weighted by Crippen LogP contribution is 2.64. The van der Waals surface area contributed by atoms with Gasteiger partial charge < -0.3 is 48.7 Å². The predicted molar refractivity (Wildman–Crippen MR) is 213 cm³/mol. The minimum absolute atomic E-state index is 0.121. The highest BCUT2D eigenvalue weighted by atomic mass is 16.6. The fourth-order valence-corrected chi connectivity index (χ4v) is 10.1. The van der Waals surface area contributed by atoms with Crippen LogP contribution in [-0.2, 0) is 47.5 Å². The highest BCUT2D eigenvalue weighted by Gasteiger charge is 2.78. The Morgan fingerprint density at radius 2 is 1.55 bits per heavy atom. The largest absolute Gasteiger partial charge is 0.456 e. The number of aliphatic hydroxyl groups excluding tert-OH is 1. The molecule has 2 unspecified atom stereocenters. The molecule has 0 spiro atoms. The molecule has 11 atom stereocenters. The standard InChI is InChI=1S/C45H57NO14/c1-24-28(57-39(51)33(48)32(26-17-13-11-14-18-26)46-40(52)60-41(3,4)5)22-45(53)37(58-38(50)27-19-15-12-16-20-27)35-43(8,36(49)34(55-10)31(24)42(45,6)7)29(54-9)21-30-44(35,23-56-30)59-25(2)47/h11-20,28-30,32-35,37,48,53H,21-23H2,1-10H3,(H,46,52)/t28-,29-,30+,32?,33?,34+,35-,37-,43+,44-,45+/m0/s1. The van der Waals surface area contributed by atoms with Crippen molar-refractivity contribution in [3.63, 3.8) is 0 Å². The van der Waals surface area contributed by atoms with Crippen LogP contribution in [0.25, 0.3) is 0 Å². The quantitative estimate of drug-likeness (QED) is 0.171. The monoisotopic (exact) mass is 835 g/mol. The maximum absolute atomic E-state index is 15.5. The molecule has 0 radical (unpaired) electrons. The summed E-state index contributed by atoms with van der Waals surface area (Å²) >= 11 is 0. The van der Waals surface area contributed by atoms with Crippen LogP contribution < -0.4 is 5.32 Å². The topological polar surface area (TPSA) is 202 Å². The number of nitrogens with one attached hydrogen (secondary N) is 1. The van der Waals surface area contributed by atoms with Gasteiger partial charge in [-0.2, -0.15) is 0 Å². The zero-order valence-electron chi connectivity index (χ0n) is 35.8. The number of aliphatic hydroxyl groups is 2. The van der Waals surface area contributed by atoms with Crippen LogP contribution in [0.15, 0.2) is 71.8 Å². The average molecular weight is 836 g/mol. The zero-order chi connectivity index (χ0) is 44.2. The Kier molecular flexibility index (Phi) is 12.2. The molecule has 2 aromatic rings. The summed E-state index contributed by atoms with van der Waals surface area (Å²) in [5.74, 6) is -4.52. The molecule has 1 heterocycles. The summed E-state index contributed by atoms with van der Waals surface area (Å²) in [6.07, 6.45) is -9.31. The first-order valence-electron chi connectivity index (χ1n) is 20.1. The van der Waals surface area contributed by atoms with Crippen LogP contribution >= 0.6 is 0 Å². The Balaban J connectivity index is 1.52. The van der Waals surface area contributed by atoms with Gasteiger partial charge in [0.05, 0.1) is 35.6 Å². The molecule has 1 aliphatic heterocycles. The smallest absolute Gasteiger partial charge is 0.408 e. The summed E-state index contributed by atoms with van der Waals surface area (Å²) in [5, 5.41) is 28.0. The molecule has 3 fully saturated rings. The van der Waals surface area contributed by atoms with Crippen LogP contribution in [0.5, 0.6) is 0 Å². The molecule has 4 aliphatic rings. The van der Waals surface area contributed by atoms with Crippen molar-refractivity contribution >= 4 is 29.8 Å². The number of esters is 3. The van der Waals surface area contributed by atoms with E-state index in [2.05, 4.69) is 5.32 Å². The SMILES string of the molecule is CO[C@H]1C(=O)[C@]2(C)[C@@H](OC)C[C@H]3OC[C@@]3(OC(C)=O)[C@H]2[C@H](OC(=O)c2ccccc2)[C@]2(O)C[C@H](OC(=O)C(O)C(NC(=O)OC(C)(C)C)c3ccccc3)C(C)=C1C2(C)C. The van der Waals surface area contributed by atoms with Crippen molar-refractivity contribution in [3.05, 3.63) is 82.9 Å². The Morgan fingerprint density at radius 1 is 0.933 bits per heavy atom. The van der Waals surface area contributed by atoms with E-state index >= 15 is 4.79 Å². The summed E-state index contributed by atoms with van der Waals surface area (Å²) in [4.78, 5) is 70.1. The number of alkyl carbamates (subject to hydrolysis) is 1. The van der Waals surface area contributed by atoms with E-state index < -0.39 is 112 Å². The number of ether oxygens (including phenoxy) is 7. The lowest BCUT2D eigenvalue weighted by Gasteiger charge is -2.67. The molecule has 15 nitrogen and oxygen atoms in total. The lowest BCUT2D eigenvalue weighted by molar-refractivity contribution is -0.347. The van der Waals surface area contributed by atoms with Gasteiger partial charge in [-0.25, -0.2) is 14.4 Å². The fraction of sp³-hybridized carbons (Fsp3) is 0.578. The molecule has 1 saturated heterocycles. The number of methoxy groups -OCH3 is 2. The van der Waals surface area contributed by atoms with Crippen molar-refractivity contribution in [2.45, 2.75) is 128 Å². The van der Waals surface area contributed by atoms with E-state index in [4.69, 9.17) is 33.2 Å². The third-order valence-electron chi connectivity index (χ3n) is 13.0. The first-order valence-corrected chi connectivity index (χ1v) is 20.1. The molecule has 3 N–H and O–H groups in total. The van der Waals surface area contributed by atoms with Gasteiger partial charge in [-0.15, -0.1) is 0 Å². The van der Waals surface area contributed by atoms with Crippen molar-refractivity contribution in [1.82, 2.24) is 5.32 Å². The number of ketones is 1. The summed E-state index contributed by atoms with van der Waals surface area (Å²) in [6.45, 7) is 12.7. The number of fused-ring (bicyclic) bond motifs is 5. The molecule has 1 amide bonds. The van der Waals surface area contributed by atoms with Crippen molar-refractivity contribution in [2.75, 3.05) is 20.8 Å². The molecule has 2 aromatic carbocycles. The molecule has 60 heavy (non-hydrogen) atoms. The Hall–Kier alpha value is -4.67. The summed E-state index contributed by atoms with van der Waals surface area (Å²) < 4.78 is 42.4. The number of amides is 1. The Labute approximate surface area is 350 Å². The highest BCUT2D eigenvalue weighted by molar-refractivity contribution is 5.94. The summed E-state index contributed by atoms with van der Waals surface area (Å²) in [5.41, 5.74) is -6.72. The summed E-state index contributed by atoms with van der Waals surface area (Å²) in [7, 11) is 2.78. The minimum atomic E-state index is -2.22. The van der Waals surface area contributed by atoms with E-state index in [0.29, 0.717) is 11.1 Å². The first kappa shape index (κ1) is 44.9. The van der Waals surface area contributed by atoms with Crippen LogP contribution in [0.2, 0.25) is 0 Å². The van der Waals surface area contributed by atoms with Crippen molar-refractivity contribution in [3.8, 4) is 0 Å². The van der Waals surface area contributed by atoms with E-state index in [0.717, 1.165) is 0 Å². The molecule has 2 bridgehead atoms. The maximum Gasteiger partial charge on any atom is 0.408 e. The van der Waals surface area contributed by atoms with Gasteiger partial charge in [0.15, 0.2) is 17.5 Å². The van der Waals surface area contributed by atoms with E-state index in [9.17, 15) is 29.4 Å². The van der Waals surface area contributed by atoms with Crippen molar-refractivity contribution in [1.29, 1.82) is 0 Å². The third-order valence-corrected chi connectivity index (χ3v) is 13.0. The van der Waals surface area contributed by atoms with Gasteiger partial charge in [-0.05, 0) is 63.5 Å². The van der Waals surface area contributed by atoms with E-state index in [1.807, 2.05) is 0 Å². The second-order valence-electron chi connectivity index (χ2n) is 18.0. The molecule has 6 rings (SSSR count). The predicted octanol–water partition coefficient (Wildman–Crippen LogP) is 4.57. The molecule has 15 heteroatoms. The molecule has 0 aromatic heterocycles. The number of hydrogen-bond acceptors (Lipinski definition) is 14. The van der Waals surface area contributed by atoms with Crippen LogP contribution in [0, 0.1) is 16.7 Å². The number of Topliss-reactive ketones (excluding diaryl/α,β-unsaturated/α-hetero) is 1. The van der Waals surface area contributed by atoms with Gasteiger partial charge in [0.1, 0.15) is 35.6 Å². The van der Waals surface area contributed by atoms with Crippen LogP contribution in [-0.4, -0.2) is 114 Å². The van der Waals surface area contributed by atoms with Gasteiger partial charge in [-0.3, -0.25) is 9.59 Å². The van der Waals surface area contributed by atoms with Gasteiger partial charge in [0.2, 0.25) is 0 Å². The molecule has 3 aliphatic carbocycles. The van der Waals surface area contributed by atoms with Crippen molar-refractivity contribution in [2.24, 2.45) is 16.7 Å². The van der Waals surface area contributed by atoms with E-state index in [1.165, 1.54) is 21.1 Å². The number of carbonyl (C=O) groups excluding carboxylic acids is 5. The van der Waals surface area contributed by atoms with Crippen LogP contribution in [0.3, 0.4) is 0 Å². The van der Waals surface area contributed by atoms with Gasteiger partial charge in [0, 0.05) is 39.4 Å². The number of hydrogen-bond donors (Lipinski definition) is 3. The third kappa shape index (κ3) is 7.52. The van der Waals surface area contributed by atoms with Gasteiger partial charge >= 0.3 is 24.0 Å². The first-order chi connectivity index (χ1) is 28.1. The van der Waals surface area contributed by atoms with Crippen LogP contribution in [0.1, 0.15) is 90.2 Å². The number of benzene rings is 2. The Bertz CT molecular complexity index is 2010. The average Bonchev–Trinajstić information content (AvgIpc) is 3.18. The minimum Gasteiger partial charge on any atom is -0.456 e. The maximum atomic E-state index is 15.5.